The van der Waals surface area contributed by atoms with E-state index in [9.17, 15) is 4.79 Å². The van der Waals surface area contributed by atoms with Crippen LogP contribution in [0.1, 0.15) is 65.2 Å². The second-order valence-electron chi connectivity index (χ2n) is 15.3. The number of benzene rings is 1. The molecule has 214 valence electrons. The summed E-state index contributed by atoms with van der Waals surface area (Å²) < 4.78 is 22.6. The summed E-state index contributed by atoms with van der Waals surface area (Å²) in [5.41, 5.74) is 2.22. The number of carbonyl (C=O) groups is 1. The van der Waals surface area contributed by atoms with E-state index in [2.05, 4.69) is 99.5 Å². The molecule has 38 heavy (non-hydrogen) atoms. The van der Waals surface area contributed by atoms with Gasteiger partial charge in [-0.2, -0.15) is 0 Å². The van der Waals surface area contributed by atoms with Gasteiger partial charge in [-0.1, -0.05) is 67.2 Å². The van der Waals surface area contributed by atoms with Crippen molar-refractivity contribution in [2.45, 2.75) is 129 Å². The third kappa shape index (κ3) is 6.09. The lowest BCUT2D eigenvalue weighted by atomic mass is 10.0. The Morgan fingerprint density at radius 3 is 2.05 bits per heavy atom. The Hall–Kier alpha value is -1.20. The molecule has 8 heteroatoms. The number of hydrogen-bond acceptors (Lipinski definition) is 4. The summed E-state index contributed by atoms with van der Waals surface area (Å²) in [5.74, 6) is 0.938. The molecule has 3 rings (SSSR count). The van der Waals surface area contributed by atoms with Crippen LogP contribution < -0.4 is 10.1 Å². The fourth-order valence-electron chi connectivity index (χ4n) is 4.93. The molecule has 1 aliphatic rings. The van der Waals surface area contributed by atoms with E-state index in [0.717, 1.165) is 29.5 Å². The maximum Gasteiger partial charge on any atom is 0.227 e. The Balaban J connectivity index is 2.13. The Kier molecular flexibility index (Phi) is 8.51. The van der Waals surface area contributed by atoms with Crippen LogP contribution in [0.2, 0.25) is 55.9 Å². The Labute approximate surface area is 234 Å². The SMILES string of the molecule is CC(=O)n1c([Si](C)(C)C)c2c3c(cccc31)OC(CCO[Si](C)(C)C(C)(C)C)C(O[Si](C)(C)C(C)(C)C)C2. The van der Waals surface area contributed by atoms with E-state index >= 15 is 0 Å². The van der Waals surface area contributed by atoms with Crippen LogP contribution in [0.5, 0.6) is 5.75 Å². The van der Waals surface area contributed by atoms with Crippen molar-refractivity contribution in [3.63, 3.8) is 0 Å². The predicted molar refractivity (Wildman–Crippen MR) is 169 cm³/mol. The van der Waals surface area contributed by atoms with Crippen molar-refractivity contribution in [3.05, 3.63) is 23.8 Å². The highest BCUT2D eigenvalue weighted by Crippen LogP contribution is 2.42. The molecule has 0 N–H and O–H groups in total. The highest BCUT2D eigenvalue weighted by Gasteiger charge is 2.44. The smallest absolute Gasteiger partial charge is 0.227 e. The lowest BCUT2D eigenvalue weighted by molar-refractivity contribution is 0.0340. The molecule has 0 bridgehead atoms. The van der Waals surface area contributed by atoms with Crippen LogP contribution in [0.4, 0.5) is 0 Å². The van der Waals surface area contributed by atoms with Crippen molar-refractivity contribution < 1.29 is 18.4 Å². The van der Waals surface area contributed by atoms with Gasteiger partial charge in [0, 0.05) is 37.1 Å². The maximum absolute atomic E-state index is 13.0. The average Bonchev–Trinajstić information content (AvgIpc) is 2.98. The molecule has 0 radical (unpaired) electrons. The molecular weight excluding hydrogens is 523 g/mol. The first-order valence-electron chi connectivity index (χ1n) is 14.2. The third-order valence-electron chi connectivity index (χ3n) is 9.10. The second-order valence-corrected chi connectivity index (χ2v) is 29.8. The number of aromatic nitrogens is 1. The van der Waals surface area contributed by atoms with Gasteiger partial charge in [-0.3, -0.25) is 9.36 Å². The Morgan fingerprint density at radius 2 is 1.55 bits per heavy atom. The van der Waals surface area contributed by atoms with Gasteiger partial charge in [0.15, 0.2) is 16.6 Å². The van der Waals surface area contributed by atoms with Crippen LogP contribution in [-0.2, 0) is 15.3 Å². The average molecular weight is 576 g/mol. The number of carbonyl (C=O) groups excluding carboxylic acids is 1. The molecule has 5 nitrogen and oxygen atoms in total. The van der Waals surface area contributed by atoms with E-state index in [1.54, 1.807) is 6.92 Å². The van der Waals surface area contributed by atoms with Crippen molar-refractivity contribution in [3.8, 4) is 5.75 Å². The first-order valence-corrected chi connectivity index (χ1v) is 23.6. The standard InChI is InChI=1S/C30H53NO4Si3/c1-21(32)31-23-16-15-17-25-27(23)22(28(31)36(8,9)10)20-26(35-38(13,14)30(5,6)7)24(34-25)18-19-33-37(11,12)29(2,3)4/h15-17,24,26H,18-20H2,1-14H3. The molecule has 0 saturated carbocycles. The quantitative estimate of drug-likeness (QED) is 0.314. The van der Waals surface area contributed by atoms with Crippen LogP contribution >= 0.6 is 0 Å². The molecule has 0 fully saturated rings. The first kappa shape index (κ1) is 31.3. The first-order chi connectivity index (χ1) is 17.1. The van der Waals surface area contributed by atoms with Crippen LogP contribution in [0.3, 0.4) is 0 Å². The molecule has 2 atom stereocenters. The fraction of sp³-hybridized carbons (Fsp3) is 0.700. The predicted octanol–water partition coefficient (Wildman–Crippen LogP) is 7.95. The normalized spacial score (nSPS) is 19.4. The van der Waals surface area contributed by atoms with E-state index in [1.807, 2.05) is 10.6 Å². The molecule has 2 unspecified atom stereocenters. The topological polar surface area (TPSA) is 49.7 Å². The van der Waals surface area contributed by atoms with Crippen molar-refractivity contribution >= 4 is 46.8 Å². The van der Waals surface area contributed by atoms with E-state index in [0.29, 0.717) is 6.61 Å². The van der Waals surface area contributed by atoms with Crippen LogP contribution in [-0.4, -0.2) is 54.0 Å². The van der Waals surface area contributed by atoms with E-state index in [4.69, 9.17) is 13.6 Å². The van der Waals surface area contributed by atoms with Gasteiger partial charge >= 0.3 is 0 Å². The number of nitrogens with zero attached hydrogens (tertiary/aromatic N) is 1. The van der Waals surface area contributed by atoms with Crippen LogP contribution in [0.25, 0.3) is 10.9 Å². The zero-order valence-corrected chi connectivity index (χ0v) is 29.6. The van der Waals surface area contributed by atoms with Crippen molar-refractivity contribution in [1.82, 2.24) is 4.57 Å². The van der Waals surface area contributed by atoms with E-state index in [1.165, 1.54) is 10.9 Å². The highest BCUT2D eigenvalue weighted by atomic mass is 28.4. The summed E-state index contributed by atoms with van der Waals surface area (Å²) in [6.07, 6.45) is 1.31. The van der Waals surface area contributed by atoms with Gasteiger partial charge in [0.1, 0.15) is 11.9 Å². The summed E-state index contributed by atoms with van der Waals surface area (Å²) in [5, 5.41) is 2.54. The summed E-state index contributed by atoms with van der Waals surface area (Å²) >= 11 is 0. The molecule has 2 aromatic rings. The van der Waals surface area contributed by atoms with Crippen LogP contribution in [0.15, 0.2) is 18.2 Å². The molecule has 0 amide bonds. The minimum absolute atomic E-state index is 0.0672. The highest BCUT2D eigenvalue weighted by molar-refractivity contribution is 6.89. The number of rotatable bonds is 7. The fourth-order valence-corrected chi connectivity index (χ4v) is 9.42. The molecule has 0 saturated heterocycles. The lowest BCUT2D eigenvalue weighted by Gasteiger charge is -2.41. The Bertz CT molecular complexity index is 1180. The summed E-state index contributed by atoms with van der Waals surface area (Å²) in [4.78, 5) is 13.0. The minimum atomic E-state index is -2.10. The summed E-state index contributed by atoms with van der Waals surface area (Å²) in [7, 11) is -5.87. The summed E-state index contributed by atoms with van der Waals surface area (Å²) in [6, 6.07) is 6.16. The molecule has 1 aromatic carbocycles. The number of hydrogen-bond donors (Lipinski definition) is 0. The van der Waals surface area contributed by atoms with E-state index < -0.39 is 24.7 Å². The van der Waals surface area contributed by atoms with Crippen molar-refractivity contribution in [2.75, 3.05) is 6.61 Å². The van der Waals surface area contributed by atoms with Gasteiger partial charge in [-0.05, 0) is 54.0 Å². The monoisotopic (exact) mass is 575 g/mol. The van der Waals surface area contributed by atoms with Gasteiger partial charge in [-0.15, -0.1) is 0 Å². The van der Waals surface area contributed by atoms with Gasteiger partial charge in [0.2, 0.25) is 5.91 Å². The zero-order valence-electron chi connectivity index (χ0n) is 26.6. The molecule has 1 aromatic heterocycles. The lowest BCUT2D eigenvalue weighted by Crippen LogP contribution is -2.51. The molecule has 0 spiro atoms. The van der Waals surface area contributed by atoms with Crippen LogP contribution in [0, 0.1) is 0 Å². The Morgan fingerprint density at radius 1 is 0.974 bits per heavy atom. The third-order valence-corrected chi connectivity index (χ3v) is 20.1. The van der Waals surface area contributed by atoms with Crippen molar-refractivity contribution in [1.29, 1.82) is 0 Å². The van der Waals surface area contributed by atoms with Crippen molar-refractivity contribution in [2.24, 2.45) is 0 Å². The van der Waals surface area contributed by atoms with Gasteiger partial charge in [0.05, 0.1) is 19.7 Å². The molecule has 1 aliphatic heterocycles. The largest absolute Gasteiger partial charge is 0.487 e. The van der Waals surface area contributed by atoms with E-state index in [-0.39, 0.29) is 28.2 Å². The van der Waals surface area contributed by atoms with Gasteiger partial charge in [-0.25, -0.2) is 0 Å². The zero-order chi connectivity index (χ0) is 29.1. The van der Waals surface area contributed by atoms with Gasteiger partial charge < -0.3 is 13.6 Å². The molecule has 2 heterocycles. The second kappa shape index (κ2) is 10.3. The number of ether oxygens (including phenoxy) is 1. The molecule has 0 aliphatic carbocycles. The van der Waals surface area contributed by atoms with Gasteiger partial charge in [0.25, 0.3) is 0 Å². The maximum atomic E-state index is 13.0. The minimum Gasteiger partial charge on any atom is -0.487 e. The summed E-state index contributed by atoms with van der Waals surface area (Å²) in [6.45, 7) is 32.3. The molecular formula is C30H53NO4Si3.